The minimum absolute atomic E-state index is 0.105. The molecule has 0 amide bonds. The third kappa shape index (κ3) is 5.59. The van der Waals surface area contributed by atoms with Gasteiger partial charge >= 0.3 is 5.97 Å². The Morgan fingerprint density at radius 1 is 1.22 bits per heavy atom. The molecule has 9 heteroatoms. The largest absolute Gasteiger partial charge is 0.455 e. The third-order valence-electron chi connectivity index (χ3n) is 8.54. The Morgan fingerprint density at radius 2 is 1.94 bits per heavy atom. The van der Waals surface area contributed by atoms with Crippen LogP contribution in [0.1, 0.15) is 82.8 Å². The number of aryl methyl sites for hydroxylation is 1. The lowest BCUT2D eigenvalue weighted by atomic mass is 9.58. The van der Waals surface area contributed by atoms with Gasteiger partial charge in [0.2, 0.25) is 0 Å². The molecule has 2 aliphatic heterocycles. The minimum Gasteiger partial charge on any atom is -0.455 e. The summed E-state index contributed by atoms with van der Waals surface area (Å²) < 4.78 is 26.8. The van der Waals surface area contributed by atoms with E-state index in [1.54, 1.807) is 12.3 Å². The number of Topliss-reactive ketones (excluding diaryl/α,β-unsaturated/α-hetero) is 1. The molecule has 1 aliphatic carbocycles. The predicted octanol–water partition coefficient (Wildman–Crippen LogP) is 4.53. The number of carbonyl (C=O) groups is 2. The number of fused-ring (bicyclic) bond motifs is 1. The summed E-state index contributed by atoms with van der Waals surface area (Å²) in [6, 6.07) is 0. The monoisotopic (exact) mass is 523 g/mol. The molecule has 3 fully saturated rings. The Kier molecular flexibility index (Phi) is 8.05. The highest BCUT2D eigenvalue weighted by Gasteiger charge is 2.55. The highest BCUT2D eigenvalue weighted by Crippen LogP contribution is 2.49. The summed E-state index contributed by atoms with van der Waals surface area (Å²) in [5.41, 5.74) is -1.07. The van der Waals surface area contributed by atoms with Gasteiger partial charge in [-0.25, -0.2) is 9.37 Å². The summed E-state index contributed by atoms with van der Waals surface area (Å²) in [5.74, 6) is -2.36. The van der Waals surface area contributed by atoms with E-state index in [2.05, 4.69) is 4.98 Å². The smallest absolute Gasteiger partial charge is 0.309 e. The van der Waals surface area contributed by atoms with Crippen molar-refractivity contribution < 1.29 is 33.7 Å². The highest BCUT2D eigenvalue weighted by molar-refractivity contribution is 7.09. The second kappa shape index (κ2) is 10.6. The first kappa shape index (κ1) is 27.4. The maximum absolute atomic E-state index is 15.3. The Balaban J connectivity index is 1.58. The van der Waals surface area contributed by atoms with E-state index in [1.807, 2.05) is 20.8 Å². The van der Waals surface area contributed by atoms with Gasteiger partial charge in [0.1, 0.15) is 11.6 Å². The molecule has 36 heavy (non-hydrogen) atoms. The molecule has 3 aliphatic rings. The SMILES string of the molecule is Cc1nc(C=C(F)[C@@H]2C[C@H]3O[C@@]3(C)CCC[C@H](C)[C@H](O)[C@@H](C)C(=O)C3(CCC3)[C@@H](O)CC(=O)O2)cs1. The van der Waals surface area contributed by atoms with Gasteiger partial charge in [0.25, 0.3) is 0 Å². The number of halogens is 1. The van der Waals surface area contributed by atoms with E-state index in [-0.39, 0.29) is 24.2 Å². The van der Waals surface area contributed by atoms with Gasteiger partial charge in [-0.2, -0.15) is 0 Å². The van der Waals surface area contributed by atoms with Gasteiger partial charge in [-0.1, -0.05) is 26.7 Å². The number of thiazole rings is 1. The van der Waals surface area contributed by atoms with Crippen LogP contribution in [0, 0.1) is 24.2 Å². The highest BCUT2D eigenvalue weighted by atomic mass is 32.1. The van der Waals surface area contributed by atoms with Crippen LogP contribution in [-0.4, -0.2) is 57.0 Å². The fraction of sp³-hybridized carbons (Fsp3) is 0.741. The van der Waals surface area contributed by atoms with Crippen LogP contribution in [0.4, 0.5) is 4.39 Å². The number of ketones is 1. The maximum atomic E-state index is 15.3. The molecule has 7 nitrogen and oxygen atoms in total. The van der Waals surface area contributed by atoms with Crippen LogP contribution in [0.5, 0.6) is 0 Å². The molecule has 1 aromatic rings. The van der Waals surface area contributed by atoms with Gasteiger partial charge in [-0.05, 0) is 51.5 Å². The van der Waals surface area contributed by atoms with Gasteiger partial charge in [-0.15, -0.1) is 11.3 Å². The zero-order valence-corrected chi connectivity index (χ0v) is 22.4. The number of cyclic esters (lactones) is 1. The first-order valence-corrected chi connectivity index (χ1v) is 13.9. The van der Waals surface area contributed by atoms with Gasteiger partial charge in [0.15, 0.2) is 6.10 Å². The van der Waals surface area contributed by atoms with E-state index >= 15 is 4.39 Å². The number of hydrogen-bond donors (Lipinski definition) is 2. The van der Waals surface area contributed by atoms with E-state index in [4.69, 9.17) is 9.47 Å². The molecule has 1 spiro atoms. The summed E-state index contributed by atoms with van der Waals surface area (Å²) >= 11 is 1.40. The lowest BCUT2D eigenvalue weighted by Gasteiger charge is -2.46. The lowest BCUT2D eigenvalue weighted by Crippen LogP contribution is -2.53. The van der Waals surface area contributed by atoms with Crippen molar-refractivity contribution in [1.82, 2.24) is 4.98 Å². The van der Waals surface area contributed by atoms with Crippen molar-refractivity contribution in [3.8, 4) is 0 Å². The first-order chi connectivity index (χ1) is 16.9. The van der Waals surface area contributed by atoms with Gasteiger partial charge < -0.3 is 19.7 Å². The average molecular weight is 524 g/mol. The fourth-order valence-electron chi connectivity index (χ4n) is 5.81. The zero-order valence-electron chi connectivity index (χ0n) is 21.5. The number of carbonyl (C=O) groups excluding carboxylic acids is 2. The molecule has 7 atom stereocenters. The molecular weight excluding hydrogens is 485 g/mol. The van der Waals surface area contributed by atoms with Crippen molar-refractivity contribution in [3.05, 3.63) is 21.9 Å². The van der Waals surface area contributed by atoms with Crippen molar-refractivity contribution in [1.29, 1.82) is 0 Å². The number of esters is 1. The zero-order chi connectivity index (χ0) is 26.3. The number of epoxide rings is 1. The molecule has 0 radical (unpaired) electrons. The van der Waals surface area contributed by atoms with Crippen LogP contribution in [0.3, 0.4) is 0 Å². The average Bonchev–Trinajstić information content (AvgIpc) is 3.22. The van der Waals surface area contributed by atoms with E-state index in [1.165, 1.54) is 17.4 Å². The van der Waals surface area contributed by atoms with Crippen molar-refractivity contribution in [3.63, 3.8) is 0 Å². The van der Waals surface area contributed by atoms with Crippen LogP contribution < -0.4 is 0 Å². The number of ether oxygens (including phenoxy) is 2. The molecule has 200 valence electrons. The molecule has 1 saturated carbocycles. The van der Waals surface area contributed by atoms with Crippen molar-refractivity contribution >= 4 is 29.2 Å². The Morgan fingerprint density at radius 3 is 2.56 bits per heavy atom. The molecule has 0 aromatic carbocycles. The number of nitrogens with zero attached hydrogens (tertiary/aromatic N) is 1. The number of hydrogen-bond acceptors (Lipinski definition) is 8. The number of aliphatic hydroxyl groups excluding tert-OH is 2. The van der Waals surface area contributed by atoms with Crippen LogP contribution in [0.2, 0.25) is 0 Å². The molecular formula is C27H38FNO6S. The number of aliphatic hydroxyl groups is 2. The molecule has 4 rings (SSSR count). The van der Waals surface area contributed by atoms with Crippen LogP contribution in [-0.2, 0) is 19.1 Å². The second-order valence-corrected chi connectivity index (χ2v) is 12.3. The van der Waals surface area contributed by atoms with Crippen molar-refractivity contribution in [2.75, 3.05) is 0 Å². The number of aromatic nitrogens is 1. The minimum atomic E-state index is -1.25. The Hall–Kier alpha value is -1.68. The van der Waals surface area contributed by atoms with Gasteiger partial charge in [0.05, 0.1) is 46.5 Å². The normalized spacial score (nSPS) is 38.2. The van der Waals surface area contributed by atoms with Gasteiger partial charge in [0, 0.05) is 17.7 Å². The van der Waals surface area contributed by atoms with E-state index < -0.39 is 53.5 Å². The molecule has 3 heterocycles. The van der Waals surface area contributed by atoms with Crippen molar-refractivity contribution in [2.24, 2.45) is 17.3 Å². The van der Waals surface area contributed by atoms with E-state index in [0.29, 0.717) is 18.5 Å². The van der Waals surface area contributed by atoms with Crippen LogP contribution in [0.15, 0.2) is 11.2 Å². The second-order valence-electron chi connectivity index (χ2n) is 11.2. The summed E-state index contributed by atoms with van der Waals surface area (Å²) in [7, 11) is 0. The molecule has 0 bridgehead atoms. The summed E-state index contributed by atoms with van der Waals surface area (Å²) in [4.78, 5) is 30.6. The maximum Gasteiger partial charge on any atom is 0.309 e. The topological polar surface area (TPSA) is 109 Å². The quantitative estimate of drug-likeness (QED) is 0.433. The molecule has 0 unspecified atom stereocenters. The predicted molar refractivity (Wildman–Crippen MR) is 134 cm³/mol. The summed E-state index contributed by atoms with van der Waals surface area (Å²) in [6.07, 6.45) is 1.40. The standard InChI is InChI=1S/C27H38FNO6S/c1-15-7-5-8-26(4)22(35-26)12-20(19(28)11-18-14-36-17(3)29-18)34-23(31)13-21(30)27(9-6-10-27)25(33)16(2)24(15)32/h11,14-16,20-22,24,30,32H,5-10,12-13H2,1-4H3/t15-,16+,20-,21-,22+,24-,26-/m0/s1. The van der Waals surface area contributed by atoms with E-state index in [9.17, 15) is 19.8 Å². The first-order valence-electron chi connectivity index (χ1n) is 13.0. The fourth-order valence-corrected chi connectivity index (χ4v) is 6.38. The Labute approximate surface area is 216 Å². The van der Waals surface area contributed by atoms with Crippen molar-refractivity contribution in [2.45, 2.75) is 109 Å². The summed E-state index contributed by atoms with van der Waals surface area (Å²) in [6.45, 7) is 7.43. The molecule has 1 aromatic heterocycles. The van der Waals surface area contributed by atoms with Gasteiger partial charge in [-0.3, -0.25) is 9.59 Å². The van der Waals surface area contributed by atoms with Crippen LogP contribution >= 0.6 is 11.3 Å². The molecule has 2 N–H and O–H groups in total. The number of rotatable bonds is 2. The van der Waals surface area contributed by atoms with Crippen LogP contribution in [0.25, 0.3) is 6.08 Å². The summed E-state index contributed by atoms with van der Waals surface area (Å²) in [5, 5.41) is 24.5. The third-order valence-corrected chi connectivity index (χ3v) is 9.33. The molecule has 2 saturated heterocycles. The van der Waals surface area contributed by atoms with E-state index in [0.717, 1.165) is 30.7 Å². The lowest BCUT2D eigenvalue weighted by molar-refractivity contribution is -0.162. The Bertz CT molecular complexity index is 1010.